The number of carbonyl (C=O) groups is 2. The molecule has 0 aliphatic rings. The Hall–Kier alpha value is -2.89. The minimum absolute atomic E-state index is 0.298. The van der Waals surface area contributed by atoms with E-state index in [1.807, 2.05) is 12.1 Å². The summed E-state index contributed by atoms with van der Waals surface area (Å²) in [4.78, 5) is 27.6. The molecule has 0 aliphatic carbocycles. The van der Waals surface area contributed by atoms with Crippen LogP contribution in [0.1, 0.15) is 18.5 Å². The van der Waals surface area contributed by atoms with E-state index in [2.05, 4.69) is 15.6 Å². The third-order valence-electron chi connectivity index (χ3n) is 3.08. The maximum absolute atomic E-state index is 11.9. The number of benzene rings is 1. The lowest BCUT2D eigenvalue weighted by atomic mass is 10.1. The summed E-state index contributed by atoms with van der Waals surface area (Å²) in [7, 11) is 1.59. The van der Waals surface area contributed by atoms with Crippen LogP contribution in [0.15, 0.2) is 48.7 Å². The molecule has 0 spiro atoms. The molecule has 6 nitrogen and oxygen atoms in total. The van der Waals surface area contributed by atoms with Gasteiger partial charge in [-0.25, -0.2) is 4.98 Å². The van der Waals surface area contributed by atoms with Gasteiger partial charge in [-0.15, -0.1) is 0 Å². The number of methoxy groups -OCH3 is 1. The molecular formula is C16H17N3O3. The maximum atomic E-state index is 11.9. The molecule has 22 heavy (non-hydrogen) atoms. The summed E-state index contributed by atoms with van der Waals surface area (Å²) in [6, 6.07) is 12.0. The van der Waals surface area contributed by atoms with Crippen LogP contribution in [0.25, 0.3) is 0 Å². The highest BCUT2D eigenvalue weighted by Crippen LogP contribution is 2.17. The van der Waals surface area contributed by atoms with Crippen LogP contribution < -0.4 is 15.4 Å². The van der Waals surface area contributed by atoms with Crippen molar-refractivity contribution in [1.29, 1.82) is 0 Å². The zero-order valence-corrected chi connectivity index (χ0v) is 12.4. The summed E-state index contributed by atoms with van der Waals surface area (Å²) in [5.74, 6) is -0.400. The highest BCUT2D eigenvalue weighted by atomic mass is 16.5. The third-order valence-corrected chi connectivity index (χ3v) is 3.08. The van der Waals surface area contributed by atoms with Crippen molar-refractivity contribution in [3.63, 3.8) is 0 Å². The molecule has 1 unspecified atom stereocenters. The molecule has 1 aromatic carbocycles. The highest BCUT2D eigenvalue weighted by Gasteiger charge is 2.17. The van der Waals surface area contributed by atoms with Gasteiger partial charge in [0.25, 0.3) is 0 Å². The number of hydrogen-bond donors (Lipinski definition) is 2. The predicted octanol–water partition coefficient (Wildman–Crippen LogP) is 1.91. The average molecular weight is 299 g/mol. The molecule has 0 bridgehead atoms. The Balaban J connectivity index is 1.93. The van der Waals surface area contributed by atoms with Crippen LogP contribution in [-0.2, 0) is 9.59 Å². The van der Waals surface area contributed by atoms with E-state index in [1.165, 1.54) is 6.20 Å². The van der Waals surface area contributed by atoms with Gasteiger partial charge in [-0.05, 0) is 36.8 Å². The molecular weight excluding hydrogens is 282 g/mol. The van der Waals surface area contributed by atoms with Crippen LogP contribution >= 0.6 is 0 Å². The van der Waals surface area contributed by atoms with Gasteiger partial charge in [-0.3, -0.25) is 9.59 Å². The Morgan fingerprint density at radius 2 is 1.82 bits per heavy atom. The molecule has 1 heterocycles. The minimum Gasteiger partial charge on any atom is -0.497 e. The summed E-state index contributed by atoms with van der Waals surface area (Å²) in [6.45, 7) is 1.80. The largest absolute Gasteiger partial charge is 0.497 e. The molecule has 2 N–H and O–H groups in total. The molecule has 0 saturated carbocycles. The van der Waals surface area contributed by atoms with E-state index in [-0.39, 0.29) is 6.04 Å². The molecule has 6 heteroatoms. The first-order valence-electron chi connectivity index (χ1n) is 6.77. The predicted molar refractivity (Wildman–Crippen MR) is 82.4 cm³/mol. The molecule has 0 aliphatic heterocycles. The van der Waals surface area contributed by atoms with Gasteiger partial charge in [0.1, 0.15) is 11.6 Å². The van der Waals surface area contributed by atoms with Crippen molar-refractivity contribution in [1.82, 2.24) is 10.3 Å². The van der Waals surface area contributed by atoms with Crippen molar-refractivity contribution in [2.75, 3.05) is 12.4 Å². The van der Waals surface area contributed by atoms with E-state index in [4.69, 9.17) is 4.74 Å². The first-order valence-corrected chi connectivity index (χ1v) is 6.77. The lowest BCUT2D eigenvalue weighted by molar-refractivity contribution is -0.136. The number of pyridine rings is 1. The summed E-state index contributed by atoms with van der Waals surface area (Å²) < 4.78 is 5.08. The number of anilines is 1. The quantitative estimate of drug-likeness (QED) is 0.845. The second-order valence-corrected chi connectivity index (χ2v) is 4.64. The van der Waals surface area contributed by atoms with Crippen LogP contribution in [-0.4, -0.2) is 23.9 Å². The minimum atomic E-state index is -0.751. The number of carbonyl (C=O) groups excluding carboxylic acids is 2. The second kappa shape index (κ2) is 7.21. The van der Waals surface area contributed by atoms with Crippen molar-refractivity contribution in [3.8, 4) is 5.75 Å². The molecule has 1 atom stereocenters. The van der Waals surface area contributed by atoms with E-state index < -0.39 is 11.8 Å². The summed E-state index contributed by atoms with van der Waals surface area (Å²) in [6.07, 6.45) is 1.54. The van der Waals surface area contributed by atoms with Crippen LogP contribution in [0.4, 0.5) is 5.82 Å². The first-order chi connectivity index (χ1) is 10.6. The van der Waals surface area contributed by atoms with Crippen molar-refractivity contribution in [2.45, 2.75) is 13.0 Å². The van der Waals surface area contributed by atoms with Crippen LogP contribution in [0.2, 0.25) is 0 Å². The number of hydrogen-bond acceptors (Lipinski definition) is 4. The van der Waals surface area contributed by atoms with Crippen molar-refractivity contribution < 1.29 is 14.3 Å². The molecule has 2 rings (SSSR count). The van der Waals surface area contributed by atoms with Gasteiger partial charge in [0.05, 0.1) is 13.2 Å². The average Bonchev–Trinajstić information content (AvgIpc) is 2.55. The number of rotatable bonds is 4. The van der Waals surface area contributed by atoms with Gasteiger partial charge in [-0.2, -0.15) is 0 Å². The Morgan fingerprint density at radius 1 is 1.09 bits per heavy atom. The zero-order chi connectivity index (χ0) is 15.9. The monoisotopic (exact) mass is 299 g/mol. The third kappa shape index (κ3) is 4.05. The first kappa shape index (κ1) is 15.5. The number of nitrogens with zero attached hydrogens (tertiary/aromatic N) is 1. The van der Waals surface area contributed by atoms with Gasteiger partial charge in [0, 0.05) is 6.20 Å². The van der Waals surface area contributed by atoms with E-state index in [9.17, 15) is 9.59 Å². The SMILES string of the molecule is COc1ccc(C(C)NC(=O)C(=O)Nc2ccccn2)cc1. The Morgan fingerprint density at radius 3 is 2.41 bits per heavy atom. The molecule has 0 saturated heterocycles. The Labute approximate surface area is 128 Å². The van der Waals surface area contributed by atoms with E-state index >= 15 is 0 Å². The lowest BCUT2D eigenvalue weighted by Gasteiger charge is -2.14. The number of ether oxygens (including phenoxy) is 1. The molecule has 0 fully saturated rings. The topological polar surface area (TPSA) is 80.3 Å². The smallest absolute Gasteiger partial charge is 0.314 e. The van der Waals surface area contributed by atoms with Gasteiger partial charge in [0.2, 0.25) is 0 Å². The summed E-state index contributed by atoms with van der Waals surface area (Å²) in [5.41, 5.74) is 0.875. The Kier molecular flexibility index (Phi) is 5.08. The normalized spacial score (nSPS) is 11.4. The molecule has 2 aromatic rings. The van der Waals surface area contributed by atoms with Gasteiger partial charge in [-0.1, -0.05) is 18.2 Å². The lowest BCUT2D eigenvalue weighted by Crippen LogP contribution is -2.37. The van der Waals surface area contributed by atoms with Gasteiger partial charge in [0.15, 0.2) is 0 Å². The van der Waals surface area contributed by atoms with E-state index in [1.54, 1.807) is 44.4 Å². The summed E-state index contributed by atoms with van der Waals surface area (Å²) >= 11 is 0. The van der Waals surface area contributed by atoms with Gasteiger partial charge < -0.3 is 15.4 Å². The van der Waals surface area contributed by atoms with Crippen molar-refractivity contribution >= 4 is 17.6 Å². The maximum Gasteiger partial charge on any atom is 0.314 e. The molecule has 1 aromatic heterocycles. The fourth-order valence-corrected chi connectivity index (χ4v) is 1.85. The molecule has 114 valence electrons. The standard InChI is InChI=1S/C16H17N3O3/c1-11(12-6-8-13(22-2)9-7-12)18-15(20)16(21)19-14-5-3-4-10-17-14/h3-11H,1-2H3,(H,18,20)(H,17,19,21). The van der Waals surface area contributed by atoms with Crippen LogP contribution in [0.3, 0.4) is 0 Å². The molecule has 2 amide bonds. The zero-order valence-electron chi connectivity index (χ0n) is 12.4. The fraction of sp³-hybridized carbons (Fsp3) is 0.188. The fourth-order valence-electron chi connectivity index (χ4n) is 1.85. The highest BCUT2D eigenvalue weighted by molar-refractivity contribution is 6.39. The number of nitrogens with one attached hydrogen (secondary N) is 2. The van der Waals surface area contributed by atoms with Crippen LogP contribution in [0, 0.1) is 0 Å². The van der Waals surface area contributed by atoms with E-state index in [0.29, 0.717) is 5.82 Å². The van der Waals surface area contributed by atoms with Crippen molar-refractivity contribution in [2.24, 2.45) is 0 Å². The molecule has 0 radical (unpaired) electrons. The number of aromatic nitrogens is 1. The Bertz CT molecular complexity index is 641. The summed E-state index contributed by atoms with van der Waals surface area (Å²) in [5, 5.41) is 5.07. The number of amides is 2. The van der Waals surface area contributed by atoms with Crippen LogP contribution in [0.5, 0.6) is 5.75 Å². The van der Waals surface area contributed by atoms with E-state index in [0.717, 1.165) is 11.3 Å². The second-order valence-electron chi connectivity index (χ2n) is 4.64. The van der Waals surface area contributed by atoms with Crippen molar-refractivity contribution in [3.05, 3.63) is 54.2 Å². The van der Waals surface area contributed by atoms with Gasteiger partial charge >= 0.3 is 11.8 Å².